The second-order valence-corrected chi connectivity index (χ2v) is 4.93. The van der Waals surface area contributed by atoms with Crippen LogP contribution in [0.2, 0.25) is 0 Å². The van der Waals surface area contributed by atoms with Crippen LogP contribution in [-0.2, 0) is 16.0 Å². The molecule has 0 atom stereocenters. The van der Waals surface area contributed by atoms with Crippen LogP contribution < -0.4 is 5.32 Å². The van der Waals surface area contributed by atoms with Crippen LogP contribution in [0, 0.1) is 0 Å². The van der Waals surface area contributed by atoms with Gasteiger partial charge >= 0.3 is 5.97 Å². The van der Waals surface area contributed by atoms with E-state index in [1.165, 1.54) is 39.2 Å². The number of nitrogens with one attached hydrogen (secondary N) is 1. The molecule has 0 bridgehead atoms. The van der Waals surface area contributed by atoms with E-state index in [2.05, 4.69) is 10.1 Å². The number of carbonyl (C=O) groups excluding carboxylic acids is 1. The minimum atomic E-state index is -0.192. The van der Waals surface area contributed by atoms with Gasteiger partial charge in [0.2, 0.25) is 0 Å². The number of rotatable bonds is 4. The van der Waals surface area contributed by atoms with Gasteiger partial charge in [0.25, 0.3) is 0 Å². The highest BCUT2D eigenvalue weighted by atomic mass is 16.5. The van der Waals surface area contributed by atoms with Gasteiger partial charge in [-0.15, -0.1) is 0 Å². The molecule has 18 heavy (non-hydrogen) atoms. The molecule has 0 unspecified atom stereocenters. The molecule has 1 aliphatic carbocycles. The largest absolute Gasteiger partial charge is 0.469 e. The summed E-state index contributed by atoms with van der Waals surface area (Å²) in [6, 6.07) is 8.69. The average molecular weight is 247 g/mol. The molecule has 1 aromatic carbocycles. The molecule has 2 rings (SSSR count). The number of hydrogen-bond acceptors (Lipinski definition) is 3. The van der Waals surface area contributed by atoms with E-state index in [1.54, 1.807) is 0 Å². The highest BCUT2D eigenvalue weighted by molar-refractivity contribution is 5.72. The van der Waals surface area contributed by atoms with Gasteiger partial charge in [0.05, 0.1) is 13.5 Å². The van der Waals surface area contributed by atoms with Crippen molar-refractivity contribution in [3.8, 4) is 0 Å². The predicted molar refractivity (Wildman–Crippen MR) is 72.7 cm³/mol. The lowest BCUT2D eigenvalue weighted by atomic mass is 9.95. The lowest BCUT2D eigenvalue weighted by Crippen LogP contribution is -2.22. The second-order valence-electron chi connectivity index (χ2n) is 4.93. The van der Waals surface area contributed by atoms with Gasteiger partial charge in [-0.3, -0.25) is 4.79 Å². The maximum absolute atomic E-state index is 11.1. The Morgan fingerprint density at radius 2 is 1.89 bits per heavy atom. The molecule has 1 aliphatic rings. The van der Waals surface area contributed by atoms with Crippen LogP contribution in [0.1, 0.15) is 37.7 Å². The molecule has 1 saturated carbocycles. The van der Waals surface area contributed by atoms with Crippen LogP contribution in [0.4, 0.5) is 5.69 Å². The quantitative estimate of drug-likeness (QED) is 0.831. The van der Waals surface area contributed by atoms with Crippen LogP contribution >= 0.6 is 0 Å². The molecule has 0 saturated heterocycles. The molecule has 0 heterocycles. The van der Waals surface area contributed by atoms with Gasteiger partial charge in [0, 0.05) is 11.7 Å². The van der Waals surface area contributed by atoms with Crippen molar-refractivity contribution >= 4 is 11.7 Å². The van der Waals surface area contributed by atoms with E-state index in [-0.39, 0.29) is 5.97 Å². The van der Waals surface area contributed by atoms with Crippen LogP contribution in [0.25, 0.3) is 0 Å². The Bertz CT molecular complexity index is 380. The Morgan fingerprint density at radius 3 is 2.50 bits per heavy atom. The monoisotopic (exact) mass is 247 g/mol. The lowest BCUT2D eigenvalue weighted by molar-refractivity contribution is -0.139. The molecule has 0 spiro atoms. The summed E-state index contributed by atoms with van der Waals surface area (Å²) < 4.78 is 4.65. The van der Waals surface area contributed by atoms with E-state index >= 15 is 0 Å². The van der Waals surface area contributed by atoms with E-state index in [4.69, 9.17) is 0 Å². The summed E-state index contributed by atoms with van der Waals surface area (Å²) in [6.07, 6.45) is 6.92. The first-order valence-corrected chi connectivity index (χ1v) is 6.70. The van der Waals surface area contributed by atoms with E-state index in [1.807, 2.05) is 24.3 Å². The third kappa shape index (κ3) is 3.76. The van der Waals surface area contributed by atoms with Gasteiger partial charge in [-0.05, 0) is 30.5 Å². The van der Waals surface area contributed by atoms with Gasteiger partial charge in [-0.2, -0.15) is 0 Å². The number of benzene rings is 1. The number of methoxy groups -OCH3 is 1. The number of carbonyl (C=O) groups is 1. The lowest BCUT2D eigenvalue weighted by Gasteiger charge is -2.23. The molecule has 3 nitrogen and oxygen atoms in total. The van der Waals surface area contributed by atoms with Gasteiger partial charge in [-0.25, -0.2) is 0 Å². The number of ether oxygens (including phenoxy) is 1. The van der Waals surface area contributed by atoms with Crippen LogP contribution in [-0.4, -0.2) is 19.1 Å². The van der Waals surface area contributed by atoms with Gasteiger partial charge < -0.3 is 10.1 Å². The molecule has 98 valence electrons. The summed E-state index contributed by atoms with van der Waals surface area (Å²) in [5.74, 6) is -0.192. The minimum Gasteiger partial charge on any atom is -0.469 e. The maximum Gasteiger partial charge on any atom is 0.309 e. The molecule has 0 amide bonds. The Hall–Kier alpha value is -1.51. The number of esters is 1. The first kappa shape index (κ1) is 12.9. The topological polar surface area (TPSA) is 38.3 Å². The fourth-order valence-corrected chi connectivity index (χ4v) is 2.44. The van der Waals surface area contributed by atoms with E-state index in [0.717, 1.165) is 11.3 Å². The predicted octanol–water partition coefficient (Wildman–Crippen LogP) is 3.15. The summed E-state index contributed by atoms with van der Waals surface area (Å²) in [4.78, 5) is 11.1. The van der Waals surface area contributed by atoms with Gasteiger partial charge in [0.15, 0.2) is 0 Å². The molecule has 1 N–H and O–H groups in total. The zero-order chi connectivity index (χ0) is 12.8. The van der Waals surface area contributed by atoms with Crippen LogP contribution in [0.15, 0.2) is 24.3 Å². The molecular weight excluding hydrogens is 226 g/mol. The Morgan fingerprint density at radius 1 is 1.22 bits per heavy atom. The molecule has 0 aromatic heterocycles. The van der Waals surface area contributed by atoms with Crippen molar-refractivity contribution in [2.45, 2.75) is 44.6 Å². The number of anilines is 1. The van der Waals surface area contributed by atoms with Crippen molar-refractivity contribution < 1.29 is 9.53 Å². The third-order valence-electron chi connectivity index (χ3n) is 3.51. The van der Waals surface area contributed by atoms with Crippen molar-refractivity contribution in [3.05, 3.63) is 29.8 Å². The van der Waals surface area contributed by atoms with Crippen molar-refractivity contribution in [1.82, 2.24) is 0 Å². The van der Waals surface area contributed by atoms with Crippen molar-refractivity contribution in [1.29, 1.82) is 0 Å². The Labute approximate surface area is 109 Å². The minimum absolute atomic E-state index is 0.192. The van der Waals surface area contributed by atoms with E-state index < -0.39 is 0 Å². The molecular formula is C15H21NO2. The maximum atomic E-state index is 11.1. The average Bonchev–Trinajstić information content (AvgIpc) is 2.42. The fraction of sp³-hybridized carbons (Fsp3) is 0.533. The zero-order valence-electron chi connectivity index (χ0n) is 10.9. The molecule has 0 radical (unpaired) electrons. The second kappa shape index (κ2) is 6.43. The van der Waals surface area contributed by atoms with Crippen molar-refractivity contribution in [2.75, 3.05) is 12.4 Å². The normalized spacial score (nSPS) is 16.3. The van der Waals surface area contributed by atoms with Crippen LogP contribution in [0.5, 0.6) is 0 Å². The van der Waals surface area contributed by atoms with Crippen molar-refractivity contribution in [3.63, 3.8) is 0 Å². The highest BCUT2D eigenvalue weighted by Crippen LogP contribution is 2.21. The SMILES string of the molecule is COC(=O)Cc1ccc(NC2CCCCC2)cc1. The van der Waals surface area contributed by atoms with Gasteiger partial charge in [0.1, 0.15) is 0 Å². The van der Waals surface area contributed by atoms with Crippen LogP contribution in [0.3, 0.4) is 0 Å². The first-order valence-electron chi connectivity index (χ1n) is 6.70. The fourth-order valence-electron chi connectivity index (χ4n) is 2.44. The summed E-state index contributed by atoms with van der Waals surface area (Å²) in [5, 5.41) is 3.56. The number of hydrogen-bond donors (Lipinski definition) is 1. The molecule has 1 aromatic rings. The summed E-state index contributed by atoms with van der Waals surface area (Å²) in [5.41, 5.74) is 2.14. The molecule has 0 aliphatic heterocycles. The van der Waals surface area contributed by atoms with E-state index in [9.17, 15) is 4.79 Å². The van der Waals surface area contributed by atoms with Crippen molar-refractivity contribution in [2.24, 2.45) is 0 Å². The first-order chi connectivity index (χ1) is 8.78. The Balaban J connectivity index is 1.88. The third-order valence-corrected chi connectivity index (χ3v) is 3.51. The molecule has 3 heteroatoms. The van der Waals surface area contributed by atoms with E-state index in [0.29, 0.717) is 12.5 Å². The standard InChI is InChI=1S/C15H21NO2/c1-18-15(17)11-12-7-9-14(10-8-12)16-13-5-3-2-4-6-13/h7-10,13,16H,2-6,11H2,1H3. The Kier molecular flexibility index (Phi) is 4.62. The highest BCUT2D eigenvalue weighted by Gasteiger charge is 2.12. The molecule has 1 fully saturated rings. The summed E-state index contributed by atoms with van der Waals surface area (Å²) in [7, 11) is 1.42. The summed E-state index contributed by atoms with van der Waals surface area (Å²) in [6.45, 7) is 0. The smallest absolute Gasteiger partial charge is 0.309 e. The summed E-state index contributed by atoms with van der Waals surface area (Å²) >= 11 is 0. The zero-order valence-corrected chi connectivity index (χ0v) is 10.9. The van der Waals surface area contributed by atoms with Gasteiger partial charge in [-0.1, -0.05) is 31.4 Å².